The van der Waals surface area contributed by atoms with E-state index in [9.17, 15) is 4.79 Å². The van der Waals surface area contributed by atoms with Crippen LogP contribution in [0.4, 0.5) is 11.6 Å². The average molecular weight is 250 g/mol. The fourth-order valence-corrected chi connectivity index (χ4v) is 1.67. The lowest BCUT2D eigenvalue weighted by atomic mass is 10.2. The van der Waals surface area contributed by atoms with Crippen molar-refractivity contribution in [1.82, 2.24) is 9.97 Å². The Morgan fingerprint density at radius 1 is 1.29 bits per heavy atom. The van der Waals surface area contributed by atoms with Gasteiger partial charge in [0.2, 0.25) is 5.95 Å². The lowest BCUT2D eigenvalue weighted by Crippen LogP contribution is -2.10. The summed E-state index contributed by atoms with van der Waals surface area (Å²) in [6, 6.07) is 6.95. The second-order valence-electron chi connectivity index (χ2n) is 3.82. The van der Waals surface area contributed by atoms with Gasteiger partial charge in [-0.05, 0) is 31.5 Å². The molecule has 0 aliphatic carbocycles. The summed E-state index contributed by atoms with van der Waals surface area (Å²) in [5.41, 5.74) is 2.33. The van der Waals surface area contributed by atoms with E-state index in [1.54, 1.807) is 13.0 Å². The number of aromatic nitrogens is 2. The smallest absolute Gasteiger partial charge is 0.252 e. The Balaban J connectivity index is 2.37. The summed E-state index contributed by atoms with van der Waals surface area (Å²) in [7, 11) is 0. The van der Waals surface area contributed by atoms with Gasteiger partial charge < -0.3 is 5.32 Å². The lowest BCUT2D eigenvalue weighted by molar-refractivity contribution is 1.07. The molecule has 0 unspecified atom stereocenters. The van der Waals surface area contributed by atoms with Crippen molar-refractivity contribution >= 4 is 23.2 Å². The molecular formula is C12H12ClN3O. The highest BCUT2D eigenvalue weighted by molar-refractivity contribution is 6.30. The fourth-order valence-electron chi connectivity index (χ4n) is 1.49. The van der Waals surface area contributed by atoms with Gasteiger partial charge in [-0.25, -0.2) is 4.98 Å². The molecule has 0 saturated heterocycles. The van der Waals surface area contributed by atoms with Gasteiger partial charge in [-0.1, -0.05) is 17.7 Å². The predicted octanol–water partition coefficient (Wildman–Crippen LogP) is 2.78. The van der Waals surface area contributed by atoms with Crippen molar-refractivity contribution in [1.29, 1.82) is 0 Å². The molecule has 17 heavy (non-hydrogen) atoms. The molecule has 2 aromatic rings. The summed E-state index contributed by atoms with van der Waals surface area (Å²) in [5, 5.41) is 3.68. The van der Waals surface area contributed by atoms with E-state index >= 15 is 0 Å². The highest BCUT2D eigenvalue weighted by atomic mass is 35.5. The number of aromatic amines is 1. The molecule has 4 nitrogen and oxygen atoms in total. The van der Waals surface area contributed by atoms with Crippen molar-refractivity contribution in [2.45, 2.75) is 13.8 Å². The van der Waals surface area contributed by atoms with E-state index in [4.69, 9.17) is 11.6 Å². The van der Waals surface area contributed by atoms with Gasteiger partial charge in [0.1, 0.15) is 0 Å². The predicted molar refractivity (Wildman–Crippen MR) is 69.1 cm³/mol. The molecule has 1 aromatic heterocycles. The van der Waals surface area contributed by atoms with Crippen molar-refractivity contribution in [3.8, 4) is 0 Å². The maximum absolute atomic E-state index is 11.3. The Morgan fingerprint density at radius 2 is 2.06 bits per heavy atom. The van der Waals surface area contributed by atoms with Gasteiger partial charge in [-0.2, -0.15) is 0 Å². The molecule has 0 amide bonds. The standard InChI is InChI=1S/C12H12ClN3O/c1-7-3-4-9(13)6-10(7)15-12-14-8(2)5-11(17)16-12/h3-6H,1-2H3,(H2,14,15,16,17). The van der Waals surface area contributed by atoms with Crippen LogP contribution < -0.4 is 10.9 Å². The highest BCUT2D eigenvalue weighted by Crippen LogP contribution is 2.22. The monoisotopic (exact) mass is 249 g/mol. The first kappa shape index (κ1) is 11.7. The summed E-state index contributed by atoms with van der Waals surface area (Å²) >= 11 is 5.91. The molecule has 0 fully saturated rings. The Bertz CT molecular complexity index is 607. The summed E-state index contributed by atoms with van der Waals surface area (Å²) in [6.07, 6.45) is 0. The van der Waals surface area contributed by atoms with Gasteiger partial charge in [0, 0.05) is 22.5 Å². The van der Waals surface area contributed by atoms with Crippen LogP contribution in [-0.2, 0) is 0 Å². The Morgan fingerprint density at radius 3 is 2.76 bits per heavy atom. The van der Waals surface area contributed by atoms with Crippen molar-refractivity contribution in [2.24, 2.45) is 0 Å². The van der Waals surface area contributed by atoms with E-state index in [0.29, 0.717) is 16.7 Å². The van der Waals surface area contributed by atoms with E-state index in [0.717, 1.165) is 11.3 Å². The maximum atomic E-state index is 11.3. The number of rotatable bonds is 2. The van der Waals surface area contributed by atoms with E-state index in [1.165, 1.54) is 6.07 Å². The summed E-state index contributed by atoms with van der Waals surface area (Å²) < 4.78 is 0. The molecule has 88 valence electrons. The molecular weight excluding hydrogens is 238 g/mol. The molecule has 2 rings (SSSR count). The van der Waals surface area contributed by atoms with Crippen LogP contribution in [0.15, 0.2) is 29.1 Å². The van der Waals surface area contributed by atoms with Crippen LogP contribution in [0, 0.1) is 13.8 Å². The molecule has 1 heterocycles. The molecule has 0 saturated carbocycles. The first-order valence-corrected chi connectivity index (χ1v) is 5.53. The van der Waals surface area contributed by atoms with Crippen molar-refractivity contribution in [3.05, 3.63) is 50.9 Å². The zero-order valence-corrected chi connectivity index (χ0v) is 10.3. The zero-order valence-electron chi connectivity index (χ0n) is 9.54. The number of anilines is 2. The molecule has 5 heteroatoms. The number of hydrogen-bond acceptors (Lipinski definition) is 3. The summed E-state index contributed by atoms with van der Waals surface area (Å²) in [6.45, 7) is 3.72. The minimum Gasteiger partial charge on any atom is -0.325 e. The molecule has 0 bridgehead atoms. The van der Waals surface area contributed by atoms with Crippen LogP contribution >= 0.6 is 11.6 Å². The summed E-state index contributed by atoms with van der Waals surface area (Å²) in [4.78, 5) is 18.1. The third-order valence-electron chi connectivity index (χ3n) is 2.32. The SMILES string of the molecule is Cc1cc(=O)[nH]c(Nc2cc(Cl)ccc2C)n1. The van der Waals surface area contributed by atoms with Crippen LogP contribution in [0.5, 0.6) is 0 Å². The Hall–Kier alpha value is -1.81. The largest absolute Gasteiger partial charge is 0.325 e. The molecule has 0 spiro atoms. The normalized spacial score (nSPS) is 10.3. The zero-order chi connectivity index (χ0) is 12.4. The number of halogens is 1. The number of benzene rings is 1. The van der Waals surface area contributed by atoms with E-state index in [-0.39, 0.29) is 5.56 Å². The lowest BCUT2D eigenvalue weighted by Gasteiger charge is -2.09. The van der Waals surface area contributed by atoms with Crippen molar-refractivity contribution < 1.29 is 0 Å². The van der Waals surface area contributed by atoms with Crippen molar-refractivity contribution in [2.75, 3.05) is 5.32 Å². The minimum atomic E-state index is -0.181. The van der Waals surface area contributed by atoms with E-state index < -0.39 is 0 Å². The first-order chi connectivity index (χ1) is 8.04. The maximum Gasteiger partial charge on any atom is 0.252 e. The molecule has 2 N–H and O–H groups in total. The van der Waals surface area contributed by atoms with E-state index in [2.05, 4.69) is 15.3 Å². The van der Waals surface area contributed by atoms with Crippen LogP contribution in [-0.4, -0.2) is 9.97 Å². The number of nitrogens with one attached hydrogen (secondary N) is 2. The second kappa shape index (κ2) is 4.59. The van der Waals surface area contributed by atoms with Gasteiger partial charge in [0.25, 0.3) is 5.56 Å². The second-order valence-corrected chi connectivity index (χ2v) is 4.26. The quantitative estimate of drug-likeness (QED) is 0.861. The van der Waals surface area contributed by atoms with Crippen LogP contribution in [0.2, 0.25) is 5.02 Å². The van der Waals surface area contributed by atoms with Gasteiger partial charge in [-0.3, -0.25) is 9.78 Å². The number of hydrogen-bond donors (Lipinski definition) is 2. The van der Waals surface area contributed by atoms with Gasteiger partial charge in [-0.15, -0.1) is 0 Å². The molecule has 0 aliphatic heterocycles. The molecule has 1 aromatic carbocycles. The Kier molecular flexibility index (Phi) is 3.15. The van der Waals surface area contributed by atoms with E-state index in [1.807, 2.05) is 19.1 Å². The third kappa shape index (κ3) is 2.85. The molecule has 0 radical (unpaired) electrons. The number of H-pyrrole nitrogens is 1. The van der Waals surface area contributed by atoms with Crippen LogP contribution in [0.3, 0.4) is 0 Å². The van der Waals surface area contributed by atoms with Gasteiger partial charge >= 0.3 is 0 Å². The minimum absolute atomic E-state index is 0.181. The number of nitrogens with zero attached hydrogens (tertiary/aromatic N) is 1. The van der Waals surface area contributed by atoms with Crippen LogP contribution in [0.25, 0.3) is 0 Å². The average Bonchev–Trinajstić information content (AvgIpc) is 2.22. The molecule has 0 atom stereocenters. The number of aryl methyl sites for hydroxylation is 2. The fraction of sp³-hybridized carbons (Fsp3) is 0.167. The topological polar surface area (TPSA) is 57.8 Å². The molecule has 0 aliphatic rings. The van der Waals surface area contributed by atoms with Gasteiger partial charge in [0.05, 0.1) is 0 Å². The third-order valence-corrected chi connectivity index (χ3v) is 2.56. The van der Waals surface area contributed by atoms with Gasteiger partial charge in [0.15, 0.2) is 0 Å². The Labute approximate surface area is 104 Å². The highest BCUT2D eigenvalue weighted by Gasteiger charge is 2.02. The van der Waals surface area contributed by atoms with Crippen molar-refractivity contribution in [3.63, 3.8) is 0 Å². The first-order valence-electron chi connectivity index (χ1n) is 5.16. The van der Waals surface area contributed by atoms with Crippen LogP contribution in [0.1, 0.15) is 11.3 Å². The summed E-state index contributed by atoms with van der Waals surface area (Å²) in [5.74, 6) is 0.417.